The molecule has 1 aliphatic heterocycles. The van der Waals surface area contributed by atoms with Crippen molar-refractivity contribution in [3.8, 4) is 0 Å². The molecule has 0 saturated carbocycles. The first-order chi connectivity index (χ1) is 11.7. The van der Waals surface area contributed by atoms with Crippen molar-refractivity contribution in [3.63, 3.8) is 0 Å². The van der Waals surface area contributed by atoms with Crippen LogP contribution >= 0.6 is 0 Å². The minimum Gasteiger partial charge on any atom is -0.465 e. The summed E-state index contributed by atoms with van der Waals surface area (Å²) in [4.78, 5) is 27.7. The molecule has 2 N–H and O–H groups in total. The summed E-state index contributed by atoms with van der Waals surface area (Å²) in [6, 6.07) is 5.15. The van der Waals surface area contributed by atoms with E-state index in [1.807, 2.05) is 26.8 Å². The van der Waals surface area contributed by atoms with Crippen LogP contribution in [0.25, 0.3) is 0 Å². The summed E-state index contributed by atoms with van der Waals surface area (Å²) in [7, 11) is 1.34. The highest BCUT2D eigenvalue weighted by Crippen LogP contribution is 2.26. The van der Waals surface area contributed by atoms with Gasteiger partial charge in [-0.2, -0.15) is 0 Å². The third-order valence-electron chi connectivity index (χ3n) is 3.94. The largest absolute Gasteiger partial charge is 0.465 e. The number of amides is 1. The molecule has 0 unspecified atom stereocenters. The highest BCUT2D eigenvalue weighted by Gasteiger charge is 2.25. The number of carbonyl (C=O) groups excluding carboxylic acids is 2. The third-order valence-corrected chi connectivity index (χ3v) is 3.94. The summed E-state index contributed by atoms with van der Waals surface area (Å²) in [5, 5.41) is 0. The molecule has 0 aliphatic carbocycles. The number of methoxy groups -OCH3 is 1. The van der Waals surface area contributed by atoms with Crippen LogP contribution in [0.4, 0.5) is 16.2 Å². The SMILES string of the molecule is COC(=O)c1ccc(N2CCCN(C(=O)OC(C)(C)C)CC2)c(N)c1. The predicted octanol–water partition coefficient (Wildman–Crippen LogP) is 2.50. The average molecular weight is 349 g/mol. The topological polar surface area (TPSA) is 85.1 Å². The van der Waals surface area contributed by atoms with Gasteiger partial charge in [-0.1, -0.05) is 0 Å². The van der Waals surface area contributed by atoms with Crippen molar-refractivity contribution in [2.24, 2.45) is 0 Å². The molecule has 1 fully saturated rings. The molecule has 1 aliphatic rings. The zero-order valence-electron chi connectivity index (χ0n) is 15.4. The van der Waals surface area contributed by atoms with Gasteiger partial charge in [0.1, 0.15) is 5.60 Å². The molecular weight excluding hydrogens is 322 g/mol. The summed E-state index contributed by atoms with van der Waals surface area (Å²) >= 11 is 0. The van der Waals surface area contributed by atoms with E-state index in [-0.39, 0.29) is 6.09 Å². The molecule has 0 spiro atoms. The number of ether oxygens (including phenoxy) is 2. The van der Waals surface area contributed by atoms with Crippen LogP contribution in [0.15, 0.2) is 18.2 Å². The number of hydrogen-bond acceptors (Lipinski definition) is 6. The number of nitrogens with two attached hydrogens (primary N) is 1. The van der Waals surface area contributed by atoms with Gasteiger partial charge in [0.2, 0.25) is 0 Å². The van der Waals surface area contributed by atoms with E-state index in [2.05, 4.69) is 4.90 Å². The molecular formula is C18H27N3O4. The average Bonchev–Trinajstić information content (AvgIpc) is 2.78. The van der Waals surface area contributed by atoms with Gasteiger partial charge < -0.3 is 25.0 Å². The third kappa shape index (κ3) is 5.01. The van der Waals surface area contributed by atoms with Crippen LogP contribution in [0, 0.1) is 0 Å². The van der Waals surface area contributed by atoms with Gasteiger partial charge in [0.25, 0.3) is 0 Å². The van der Waals surface area contributed by atoms with Crippen LogP contribution in [0.1, 0.15) is 37.6 Å². The fraction of sp³-hybridized carbons (Fsp3) is 0.556. The summed E-state index contributed by atoms with van der Waals surface area (Å²) < 4.78 is 10.2. The van der Waals surface area contributed by atoms with Crippen LogP contribution in [0.2, 0.25) is 0 Å². The molecule has 2 rings (SSSR count). The maximum Gasteiger partial charge on any atom is 0.410 e. The van der Waals surface area contributed by atoms with Crippen molar-refractivity contribution in [1.82, 2.24) is 4.90 Å². The molecule has 1 heterocycles. The van der Waals surface area contributed by atoms with Gasteiger partial charge in [-0.05, 0) is 45.4 Å². The van der Waals surface area contributed by atoms with E-state index in [0.29, 0.717) is 30.9 Å². The molecule has 25 heavy (non-hydrogen) atoms. The van der Waals surface area contributed by atoms with Gasteiger partial charge >= 0.3 is 12.1 Å². The second kappa shape index (κ2) is 7.63. The first-order valence-corrected chi connectivity index (χ1v) is 8.42. The summed E-state index contributed by atoms with van der Waals surface area (Å²) in [5.74, 6) is -0.412. The molecule has 7 nitrogen and oxygen atoms in total. The number of esters is 1. The van der Waals surface area contributed by atoms with Crippen molar-refractivity contribution < 1.29 is 19.1 Å². The molecule has 7 heteroatoms. The lowest BCUT2D eigenvalue weighted by Gasteiger charge is -2.27. The van der Waals surface area contributed by atoms with Crippen molar-refractivity contribution in [1.29, 1.82) is 0 Å². The quantitative estimate of drug-likeness (QED) is 0.652. The minimum atomic E-state index is -0.503. The standard InChI is InChI=1S/C18H27N3O4/c1-18(2,3)25-17(23)21-9-5-8-20(10-11-21)15-7-6-13(12-14(15)19)16(22)24-4/h6-7,12H,5,8-11,19H2,1-4H3. The Labute approximate surface area is 148 Å². The molecule has 0 aromatic heterocycles. The Kier molecular flexibility index (Phi) is 5.77. The van der Waals surface area contributed by atoms with Gasteiger partial charge in [-0.25, -0.2) is 9.59 Å². The van der Waals surface area contributed by atoms with Crippen molar-refractivity contribution >= 4 is 23.4 Å². The zero-order chi connectivity index (χ0) is 18.6. The van der Waals surface area contributed by atoms with Crippen LogP contribution < -0.4 is 10.6 Å². The Morgan fingerprint density at radius 3 is 2.44 bits per heavy atom. The van der Waals surface area contributed by atoms with Gasteiger partial charge in [-0.3, -0.25) is 0 Å². The van der Waals surface area contributed by atoms with Crippen LogP contribution in [-0.4, -0.2) is 55.9 Å². The zero-order valence-corrected chi connectivity index (χ0v) is 15.4. The first kappa shape index (κ1) is 18.9. The lowest BCUT2D eigenvalue weighted by molar-refractivity contribution is 0.0263. The maximum absolute atomic E-state index is 12.2. The van der Waals surface area contributed by atoms with E-state index in [1.54, 1.807) is 17.0 Å². The molecule has 0 radical (unpaired) electrons. The highest BCUT2D eigenvalue weighted by atomic mass is 16.6. The monoisotopic (exact) mass is 349 g/mol. The number of rotatable bonds is 2. The number of nitrogens with zero attached hydrogens (tertiary/aromatic N) is 2. The summed E-state index contributed by atoms with van der Waals surface area (Å²) in [6.07, 6.45) is 0.528. The van der Waals surface area contributed by atoms with E-state index in [4.69, 9.17) is 15.2 Å². The minimum absolute atomic E-state index is 0.289. The lowest BCUT2D eigenvalue weighted by atomic mass is 10.1. The Hall–Kier alpha value is -2.44. The van der Waals surface area contributed by atoms with Gasteiger partial charge in [0.15, 0.2) is 0 Å². The number of nitrogen functional groups attached to an aromatic ring is 1. The molecule has 1 amide bonds. The Balaban J connectivity index is 2.06. The van der Waals surface area contributed by atoms with Crippen LogP contribution in [0.5, 0.6) is 0 Å². The summed E-state index contributed by atoms with van der Waals surface area (Å²) in [6.45, 7) is 8.22. The van der Waals surface area contributed by atoms with Crippen LogP contribution in [-0.2, 0) is 9.47 Å². The molecule has 1 saturated heterocycles. The van der Waals surface area contributed by atoms with E-state index in [9.17, 15) is 9.59 Å². The number of anilines is 2. The van der Waals surface area contributed by atoms with E-state index >= 15 is 0 Å². The molecule has 1 aromatic carbocycles. The smallest absolute Gasteiger partial charge is 0.410 e. The number of benzene rings is 1. The van der Waals surface area contributed by atoms with Gasteiger partial charge in [-0.15, -0.1) is 0 Å². The van der Waals surface area contributed by atoms with E-state index < -0.39 is 11.6 Å². The van der Waals surface area contributed by atoms with E-state index in [1.165, 1.54) is 7.11 Å². The van der Waals surface area contributed by atoms with Crippen molar-refractivity contribution in [2.45, 2.75) is 32.8 Å². The lowest BCUT2D eigenvalue weighted by Crippen LogP contribution is -2.39. The number of hydrogen-bond donors (Lipinski definition) is 1. The van der Waals surface area contributed by atoms with E-state index in [0.717, 1.165) is 18.7 Å². The fourth-order valence-corrected chi connectivity index (χ4v) is 2.75. The summed E-state index contributed by atoms with van der Waals surface area (Å²) in [5.41, 5.74) is 7.42. The normalized spacial score (nSPS) is 15.5. The molecule has 0 bridgehead atoms. The molecule has 0 atom stereocenters. The Morgan fingerprint density at radius 1 is 1.12 bits per heavy atom. The Bertz CT molecular complexity index is 640. The van der Waals surface area contributed by atoms with Crippen LogP contribution in [0.3, 0.4) is 0 Å². The van der Waals surface area contributed by atoms with Gasteiger partial charge in [0.05, 0.1) is 24.0 Å². The predicted molar refractivity (Wildman–Crippen MR) is 96.8 cm³/mol. The fourth-order valence-electron chi connectivity index (χ4n) is 2.75. The highest BCUT2D eigenvalue weighted by molar-refractivity contribution is 5.92. The van der Waals surface area contributed by atoms with Crippen molar-refractivity contribution in [3.05, 3.63) is 23.8 Å². The van der Waals surface area contributed by atoms with Crippen molar-refractivity contribution in [2.75, 3.05) is 43.9 Å². The molecule has 1 aromatic rings. The van der Waals surface area contributed by atoms with Gasteiger partial charge in [0, 0.05) is 26.2 Å². The first-order valence-electron chi connectivity index (χ1n) is 8.42. The molecule has 138 valence electrons. The second-order valence-corrected chi connectivity index (χ2v) is 7.07. The maximum atomic E-state index is 12.2. The Morgan fingerprint density at radius 2 is 1.84 bits per heavy atom. The number of carbonyl (C=O) groups is 2. The second-order valence-electron chi connectivity index (χ2n) is 7.07.